The predicted octanol–water partition coefficient (Wildman–Crippen LogP) is 2.60. The van der Waals surface area contributed by atoms with Crippen molar-refractivity contribution in [2.24, 2.45) is 17.8 Å². The highest BCUT2D eigenvalue weighted by Gasteiger charge is 2.46. The molecule has 1 saturated heterocycles. The van der Waals surface area contributed by atoms with Gasteiger partial charge in [-0.2, -0.15) is 0 Å². The Balaban J connectivity index is 1.79. The molecule has 68 valence electrons. The molecule has 0 aromatic heterocycles. The first-order valence-electron chi connectivity index (χ1n) is 5.57. The van der Waals surface area contributed by atoms with Gasteiger partial charge in [0.05, 0.1) is 6.10 Å². The van der Waals surface area contributed by atoms with Crippen LogP contribution in [0.15, 0.2) is 0 Å². The summed E-state index contributed by atoms with van der Waals surface area (Å²) in [4.78, 5) is 0. The Labute approximate surface area is 74.5 Å². The molecule has 0 aromatic rings. The van der Waals surface area contributed by atoms with Gasteiger partial charge in [0.25, 0.3) is 0 Å². The molecule has 2 aliphatic carbocycles. The van der Waals surface area contributed by atoms with Crippen molar-refractivity contribution in [3.63, 3.8) is 0 Å². The second-order valence-electron chi connectivity index (χ2n) is 4.83. The van der Waals surface area contributed by atoms with E-state index in [1.165, 1.54) is 38.5 Å². The molecule has 0 aromatic carbocycles. The number of hydrogen-bond acceptors (Lipinski definition) is 1. The molecule has 4 atom stereocenters. The van der Waals surface area contributed by atoms with Crippen molar-refractivity contribution in [3.05, 3.63) is 0 Å². The third-order valence-corrected chi connectivity index (χ3v) is 4.26. The largest absolute Gasteiger partial charge is 0.378 e. The molecule has 2 saturated carbocycles. The molecule has 1 nitrogen and oxygen atoms in total. The maximum atomic E-state index is 5.85. The summed E-state index contributed by atoms with van der Waals surface area (Å²) in [6.45, 7) is 1.05. The van der Waals surface area contributed by atoms with Crippen LogP contribution >= 0.6 is 0 Å². The molecule has 0 amide bonds. The normalized spacial score (nSPS) is 52.0. The van der Waals surface area contributed by atoms with Gasteiger partial charge in [-0.1, -0.05) is 19.3 Å². The zero-order valence-electron chi connectivity index (χ0n) is 7.67. The number of fused-ring (bicyclic) bond motifs is 3. The van der Waals surface area contributed by atoms with Gasteiger partial charge in [0, 0.05) is 6.61 Å². The van der Waals surface area contributed by atoms with Crippen LogP contribution in [-0.2, 0) is 4.74 Å². The summed E-state index contributed by atoms with van der Waals surface area (Å²) in [5.74, 6) is 2.97. The van der Waals surface area contributed by atoms with E-state index < -0.39 is 0 Å². The first kappa shape index (κ1) is 7.37. The maximum Gasteiger partial charge on any atom is 0.0634 e. The Kier molecular flexibility index (Phi) is 1.68. The zero-order valence-corrected chi connectivity index (χ0v) is 7.67. The summed E-state index contributed by atoms with van der Waals surface area (Å²) in [6, 6.07) is 0. The minimum atomic E-state index is 0.690. The average molecular weight is 166 g/mol. The molecule has 4 unspecified atom stereocenters. The Bertz CT molecular complexity index is 178. The predicted molar refractivity (Wildman–Crippen MR) is 47.9 cm³/mol. The van der Waals surface area contributed by atoms with E-state index in [2.05, 4.69) is 0 Å². The van der Waals surface area contributed by atoms with Crippen LogP contribution < -0.4 is 0 Å². The summed E-state index contributed by atoms with van der Waals surface area (Å²) in [5.41, 5.74) is 0. The lowest BCUT2D eigenvalue weighted by molar-refractivity contribution is 0.0428. The summed E-state index contributed by atoms with van der Waals surface area (Å²) in [6.07, 6.45) is 9.46. The van der Waals surface area contributed by atoms with Crippen LogP contribution in [0.2, 0.25) is 0 Å². The standard InChI is InChI=1S/C11H18O/c1-2-4-10-8(3-1)7-9-5-6-12-11(9)10/h8-11H,1-7H2. The number of hydrogen-bond donors (Lipinski definition) is 0. The summed E-state index contributed by atoms with van der Waals surface area (Å²) in [7, 11) is 0. The Morgan fingerprint density at radius 2 is 1.83 bits per heavy atom. The van der Waals surface area contributed by atoms with Crippen LogP contribution in [0.25, 0.3) is 0 Å². The van der Waals surface area contributed by atoms with E-state index in [0.29, 0.717) is 6.10 Å². The fraction of sp³-hybridized carbons (Fsp3) is 1.00. The maximum absolute atomic E-state index is 5.85. The lowest BCUT2D eigenvalue weighted by Crippen LogP contribution is -2.24. The molecular formula is C11H18O. The van der Waals surface area contributed by atoms with Gasteiger partial charge >= 0.3 is 0 Å². The van der Waals surface area contributed by atoms with Crippen molar-refractivity contribution in [1.29, 1.82) is 0 Å². The fourth-order valence-corrected chi connectivity index (χ4v) is 3.73. The zero-order chi connectivity index (χ0) is 7.97. The van der Waals surface area contributed by atoms with Crippen molar-refractivity contribution in [2.75, 3.05) is 6.61 Å². The second kappa shape index (κ2) is 2.73. The van der Waals surface area contributed by atoms with Crippen LogP contribution in [-0.4, -0.2) is 12.7 Å². The summed E-state index contributed by atoms with van der Waals surface area (Å²) >= 11 is 0. The molecule has 1 heterocycles. The third kappa shape index (κ3) is 0.953. The van der Waals surface area contributed by atoms with Crippen molar-refractivity contribution in [2.45, 2.75) is 44.6 Å². The third-order valence-electron chi connectivity index (χ3n) is 4.26. The Morgan fingerprint density at radius 1 is 0.917 bits per heavy atom. The first-order valence-corrected chi connectivity index (χ1v) is 5.57. The lowest BCUT2D eigenvalue weighted by atomic mass is 9.81. The number of rotatable bonds is 0. The molecule has 12 heavy (non-hydrogen) atoms. The van der Waals surface area contributed by atoms with E-state index in [0.717, 1.165) is 24.4 Å². The van der Waals surface area contributed by atoms with Crippen LogP contribution in [0.4, 0.5) is 0 Å². The van der Waals surface area contributed by atoms with Crippen molar-refractivity contribution in [3.8, 4) is 0 Å². The van der Waals surface area contributed by atoms with E-state index in [9.17, 15) is 0 Å². The molecule has 1 aliphatic heterocycles. The average Bonchev–Trinajstić information content (AvgIpc) is 2.62. The van der Waals surface area contributed by atoms with E-state index in [1.54, 1.807) is 0 Å². The van der Waals surface area contributed by atoms with Crippen molar-refractivity contribution < 1.29 is 4.74 Å². The molecule has 3 rings (SSSR count). The van der Waals surface area contributed by atoms with E-state index in [4.69, 9.17) is 4.74 Å². The lowest BCUT2D eigenvalue weighted by Gasteiger charge is -2.28. The van der Waals surface area contributed by atoms with Crippen molar-refractivity contribution in [1.82, 2.24) is 0 Å². The van der Waals surface area contributed by atoms with Crippen molar-refractivity contribution >= 4 is 0 Å². The molecule has 0 radical (unpaired) electrons. The Morgan fingerprint density at radius 3 is 2.83 bits per heavy atom. The SMILES string of the molecule is C1CCC2C(C1)CC1CCOC12. The molecule has 1 heteroatoms. The van der Waals surface area contributed by atoms with E-state index in [1.807, 2.05) is 0 Å². The summed E-state index contributed by atoms with van der Waals surface area (Å²) in [5, 5.41) is 0. The van der Waals surface area contributed by atoms with Gasteiger partial charge < -0.3 is 4.74 Å². The van der Waals surface area contributed by atoms with Crippen LogP contribution in [0, 0.1) is 17.8 Å². The molecule has 0 N–H and O–H groups in total. The van der Waals surface area contributed by atoms with E-state index >= 15 is 0 Å². The highest BCUT2D eigenvalue weighted by molar-refractivity contribution is 4.96. The van der Waals surface area contributed by atoms with Crippen LogP contribution in [0.3, 0.4) is 0 Å². The molecular weight excluding hydrogens is 148 g/mol. The van der Waals surface area contributed by atoms with Gasteiger partial charge in [-0.3, -0.25) is 0 Å². The molecule has 3 aliphatic rings. The molecule has 0 spiro atoms. The van der Waals surface area contributed by atoms with E-state index in [-0.39, 0.29) is 0 Å². The monoisotopic (exact) mass is 166 g/mol. The van der Waals surface area contributed by atoms with Crippen LogP contribution in [0.1, 0.15) is 38.5 Å². The van der Waals surface area contributed by atoms with Crippen LogP contribution in [0.5, 0.6) is 0 Å². The summed E-state index contributed by atoms with van der Waals surface area (Å²) < 4.78 is 5.85. The number of ether oxygens (including phenoxy) is 1. The van der Waals surface area contributed by atoms with Gasteiger partial charge in [-0.25, -0.2) is 0 Å². The van der Waals surface area contributed by atoms with Gasteiger partial charge in [-0.15, -0.1) is 0 Å². The highest BCUT2D eigenvalue weighted by atomic mass is 16.5. The Hall–Kier alpha value is -0.0400. The molecule has 3 fully saturated rings. The smallest absolute Gasteiger partial charge is 0.0634 e. The topological polar surface area (TPSA) is 9.23 Å². The minimum Gasteiger partial charge on any atom is -0.378 e. The minimum absolute atomic E-state index is 0.690. The quantitative estimate of drug-likeness (QED) is 0.537. The van der Waals surface area contributed by atoms with Gasteiger partial charge in [0.15, 0.2) is 0 Å². The molecule has 0 bridgehead atoms. The van der Waals surface area contributed by atoms with Gasteiger partial charge in [0.2, 0.25) is 0 Å². The van der Waals surface area contributed by atoms with Gasteiger partial charge in [0.1, 0.15) is 0 Å². The highest BCUT2D eigenvalue weighted by Crippen LogP contribution is 2.49. The first-order chi connectivity index (χ1) is 5.95. The van der Waals surface area contributed by atoms with Gasteiger partial charge in [-0.05, 0) is 37.0 Å². The second-order valence-corrected chi connectivity index (χ2v) is 4.83. The fourth-order valence-electron chi connectivity index (χ4n) is 3.73.